The number of hydrogen-bond donors (Lipinski definition) is 2. The van der Waals surface area contributed by atoms with Crippen molar-refractivity contribution in [2.75, 3.05) is 5.32 Å². The van der Waals surface area contributed by atoms with Crippen molar-refractivity contribution in [2.24, 2.45) is 0 Å². The molecule has 124 valence electrons. The zero-order chi connectivity index (χ0) is 17.8. The number of para-hydroxylation sites is 2. The Balaban J connectivity index is 1.76. The quantitative estimate of drug-likeness (QED) is 0.715. The van der Waals surface area contributed by atoms with Gasteiger partial charge in [0.1, 0.15) is 0 Å². The van der Waals surface area contributed by atoms with Gasteiger partial charge in [0.2, 0.25) is 5.91 Å². The van der Waals surface area contributed by atoms with Gasteiger partial charge in [0.05, 0.1) is 28.5 Å². The molecule has 0 radical (unpaired) electrons. The number of carbonyl (C=O) groups is 2. The smallest absolute Gasteiger partial charge is 0.335 e. The van der Waals surface area contributed by atoms with Gasteiger partial charge in [-0.2, -0.15) is 0 Å². The number of carbonyl (C=O) groups excluding carboxylic acids is 1. The summed E-state index contributed by atoms with van der Waals surface area (Å²) < 4.78 is 0. The maximum Gasteiger partial charge on any atom is 0.335 e. The zero-order valence-electron chi connectivity index (χ0n) is 13.4. The lowest BCUT2D eigenvalue weighted by Crippen LogP contribution is -2.10. The number of aryl methyl sites for hydroxylation is 1. The van der Waals surface area contributed by atoms with E-state index in [1.807, 2.05) is 24.3 Å². The molecule has 3 aromatic rings. The summed E-state index contributed by atoms with van der Waals surface area (Å²) in [6.45, 7) is 1.79. The molecule has 2 N–H and O–H groups in total. The van der Waals surface area contributed by atoms with Crippen LogP contribution in [0, 0.1) is 6.92 Å². The fraction of sp³-hybridized carbons (Fsp3) is 0.0526. The molecule has 6 heteroatoms. The second kappa shape index (κ2) is 6.92. The van der Waals surface area contributed by atoms with Crippen LogP contribution in [0.3, 0.4) is 0 Å². The first-order chi connectivity index (χ1) is 12.0. The van der Waals surface area contributed by atoms with Gasteiger partial charge in [0.15, 0.2) is 0 Å². The highest BCUT2D eigenvalue weighted by molar-refractivity contribution is 6.03. The van der Waals surface area contributed by atoms with Crippen LogP contribution in [0.25, 0.3) is 17.1 Å². The third-order valence-electron chi connectivity index (χ3n) is 3.62. The predicted molar refractivity (Wildman–Crippen MR) is 95.3 cm³/mol. The summed E-state index contributed by atoms with van der Waals surface area (Å²) in [6, 6.07) is 12.0. The van der Waals surface area contributed by atoms with Crippen molar-refractivity contribution in [1.29, 1.82) is 0 Å². The van der Waals surface area contributed by atoms with Gasteiger partial charge in [-0.3, -0.25) is 9.78 Å². The first-order valence-electron chi connectivity index (χ1n) is 7.58. The molecule has 0 saturated heterocycles. The van der Waals surface area contributed by atoms with E-state index in [0.29, 0.717) is 11.4 Å². The molecule has 1 aromatic heterocycles. The number of carboxylic acid groups (broad SMARTS) is 1. The molecular formula is C19H15N3O3. The summed E-state index contributed by atoms with van der Waals surface area (Å²) >= 11 is 0. The van der Waals surface area contributed by atoms with Gasteiger partial charge in [0, 0.05) is 11.8 Å². The van der Waals surface area contributed by atoms with E-state index in [1.165, 1.54) is 18.2 Å². The van der Waals surface area contributed by atoms with Crippen LogP contribution in [0.2, 0.25) is 0 Å². The van der Waals surface area contributed by atoms with E-state index in [-0.39, 0.29) is 11.5 Å². The van der Waals surface area contributed by atoms with Crippen LogP contribution in [0.15, 0.2) is 54.7 Å². The first kappa shape index (κ1) is 16.3. The molecule has 0 bridgehead atoms. The average Bonchev–Trinajstić information content (AvgIpc) is 2.61. The van der Waals surface area contributed by atoms with Gasteiger partial charge in [-0.1, -0.05) is 18.2 Å². The highest BCUT2D eigenvalue weighted by atomic mass is 16.4. The molecule has 3 rings (SSSR count). The number of carboxylic acids is 1. The number of amides is 1. The molecule has 6 nitrogen and oxygen atoms in total. The largest absolute Gasteiger partial charge is 0.478 e. The number of rotatable bonds is 4. The van der Waals surface area contributed by atoms with Crippen molar-refractivity contribution in [3.05, 3.63) is 71.6 Å². The maximum absolute atomic E-state index is 12.1. The third kappa shape index (κ3) is 3.87. The molecule has 0 aliphatic heterocycles. The molecule has 0 atom stereocenters. The fourth-order valence-corrected chi connectivity index (χ4v) is 2.28. The maximum atomic E-state index is 12.1. The Labute approximate surface area is 143 Å². The van der Waals surface area contributed by atoms with Crippen LogP contribution in [0.1, 0.15) is 21.6 Å². The Kier molecular flexibility index (Phi) is 4.52. The number of fused-ring (bicyclic) bond motifs is 1. The summed E-state index contributed by atoms with van der Waals surface area (Å²) in [5, 5.41) is 11.7. The van der Waals surface area contributed by atoms with E-state index in [0.717, 1.165) is 16.6 Å². The predicted octanol–water partition coefficient (Wildman–Crippen LogP) is 3.29. The Hall–Kier alpha value is -3.54. The Bertz CT molecular complexity index is 996. The van der Waals surface area contributed by atoms with Crippen LogP contribution < -0.4 is 5.32 Å². The minimum absolute atomic E-state index is 0.116. The van der Waals surface area contributed by atoms with Gasteiger partial charge in [-0.25, -0.2) is 9.78 Å². The van der Waals surface area contributed by atoms with Gasteiger partial charge in [0.25, 0.3) is 0 Å². The monoisotopic (exact) mass is 333 g/mol. The molecule has 0 spiro atoms. The van der Waals surface area contributed by atoms with Crippen molar-refractivity contribution < 1.29 is 14.7 Å². The summed E-state index contributed by atoms with van der Waals surface area (Å²) in [4.78, 5) is 31.8. The summed E-state index contributed by atoms with van der Waals surface area (Å²) in [7, 11) is 0. The van der Waals surface area contributed by atoms with Crippen LogP contribution in [0.4, 0.5) is 5.69 Å². The number of nitrogens with zero attached hydrogens (tertiary/aromatic N) is 2. The summed E-state index contributed by atoms with van der Waals surface area (Å²) in [5.41, 5.74) is 3.44. The number of hydrogen-bond acceptors (Lipinski definition) is 4. The Morgan fingerprint density at radius 2 is 1.88 bits per heavy atom. The molecular weight excluding hydrogens is 318 g/mol. The second-order valence-electron chi connectivity index (χ2n) is 5.44. The molecule has 2 aromatic carbocycles. The first-order valence-corrected chi connectivity index (χ1v) is 7.58. The average molecular weight is 333 g/mol. The normalized spacial score (nSPS) is 10.9. The van der Waals surface area contributed by atoms with E-state index in [9.17, 15) is 9.59 Å². The lowest BCUT2D eigenvalue weighted by Gasteiger charge is -2.07. The van der Waals surface area contributed by atoms with Crippen molar-refractivity contribution >= 4 is 34.7 Å². The zero-order valence-corrected chi connectivity index (χ0v) is 13.4. The van der Waals surface area contributed by atoms with Crippen LogP contribution in [0.5, 0.6) is 0 Å². The number of aromatic nitrogens is 2. The molecule has 0 aliphatic carbocycles. The highest BCUT2D eigenvalue weighted by Gasteiger charge is 2.07. The third-order valence-corrected chi connectivity index (χ3v) is 3.62. The van der Waals surface area contributed by atoms with E-state index in [2.05, 4.69) is 15.3 Å². The van der Waals surface area contributed by atoms with Crippen molar-refractivity contribution in [2.45, 2.75) is 6.92 Å². The minimum Gasteiger partial charge on any atom is -0.478 e. The van der Waals surface area contributed by atoms with Crippen molar-refractivity contribution in [1.82, 2.24) is 9.97 Å². The summed E-state index contributed by atoms with van der Waals surface area (Å²) in [6.07, 6.45) is 4.49. The Morgan fingerprint density at radius 1 is 1.12 bits per heavy atom. The molecule has 0 fully saturated rings. The number of nitrogens with one attached hydrogen (secondary N) is 1. The highest BCUT2D eigenvalue weighted by Crippen LogP contribution is 2.17. The second-order valence-corrected chi connectivity index (χ2v) is 5.44. The number of aromatic carboxylic acids is 1. The lowest BCUT2D eigenvalue weighted by molar-refractivity contribution is -0.111. The SMILES string of the molecule is Cc1ccc(C(=O)O)cc1NC(=O)/C=C/c1cnc2ccccc2n1. The van der Waals surface area contributed by atoms with Gasteiger partial charge < -0.3 is 10.4 Å². The van der Waals surface area contributed by atoms with E-state index < -0.39 is 5.97 Å². The van der Waals surface area contributed by atoms with Crippen molar-refractivity contribution in [3.8, 4) is 0 Å². The van der Waals surface area contributed by atoms with Crippen LogP contribution >= 0.6 is 0 Å². The minimum atomic E-state index is -1.04. The molecule has 25 heavy (non-hydrogen) atoms. The van der Waals surface area contributed by atoms with Gasteiger partial charge in [-0.15, -0.1) is 0 Å². The van der Waals surface area contributed by atoms with Gasteiger partial charge >= 0.3 is 5.97 Å². The number of anilines is 1. The number of benzene rings is 2. The summed E-state index contributed by atoms with van der Waals surface area (Å²) in [5.74, 6) is -1.42. The molecule has 0 aliphatic rings. The fourth-order valence-electron chi connectivity index (χ4n) is 2.28. The van der Waals surface area contributed by atoms with E-state index >= 15 is 0 Å². The van der Waals surface area contributed by atoms with Crippen LogP contribution in [-0.4, -0.2) is 27.0 Å². The van der Waals surface area contributed by atoms with E-state index in [4.69, 9.17) is 5.11 Å². The standard InChI is InChI=1S/C19H15N3O3/c1-12-6-7-13(19(24)25)10-17(12)22-18(23)9-8-14-11-20-15-4-2-3-5-16(15)21-14/h2-11H,1H3,(H,22,23)(H,24,25)/b9-8+. The van der Waals surface area contributed by atoms with Crippen molar-refractivity contribution in [3.63, 3.8) is 0 Å². The molecule has 1 heterocycles. The van der Waals surface area contributed by atoms with E-state index in [1.54, 1.807) is 25.3 Å². The Morgan fingerprint density at radius 3 is 2.64 bits per heavy atom. The van der Waals surface area contributed by atoms with Gasteiger partial charge in [-0.05, 0) is 42.8 Å². The topological polar surface area (TPSA) is 92.2 Å². The molecule has 1 amide bonds. The lowest BCUT2D eigenvalue weighted by atomic mass is 10.1. The van der Waals surface area contributed by atoms with Crippen LogP contribution in [-0.2, 0) is 4.79 Å². The molecule has 0 unspecified atom stereocenters. The molecule has 0 saturated carbocycles.